The van der Waals surface area contributed by atoms with E-state index in [1.807, 2.05) is 24.3 Å². The molecule has 0 saturated carbocycles. The molecule has 5 heteroatoms. The second kappa shape index (κ2) is 6.65. The maximum Gasteiger partial charge on any atom is 0.141 e. The lowest BCUT2D eigenvalue weighted by Crippen LogP contribution is -2.30. The van der Waals surface area contributed by atoms with Gasteiger partial charge in [0.1, 0.15) is 5.75 Å². The molecule has 0 bridgehead atoms. The van der Waals surface area contributed by atoms with Crippen LogP contribution in [0.25, 0.3) is 0 Å². The molecule has 100 valence electrons. The Bertz CT molecular complexity index is 548. The number of hydrogen-bond donors (Lipinski definition) is 2. The number of hydrazine groups is 1. The SMILES string of the molecule is COc1cnccc1C(Cc1ccccc1Br)NN. The largest absolute Gasteiger partial charge is 0.495 e. The van der Waals surface area contributed by atoms with Gasteiger partial charge in [0.2, 0.25) is 0 Å². The lowest BCUT2D eigenvalue weighted by atomic mass is 9.99. The van der Waals surface area contributed by atoms with Crippen molar-refractivity contribution >= 4 is 15.9 Å². The Morgan fingerprint density at radius 1 is 1.37 bits per heavy atom. The summed E-state index contributed by atoms with van der Waals surface area (Å²) in [6.45, 7) is 0. The van der Waals surface area contributed by atoms with Crippen LogP contribution in [-0.2, 0) is 6.42 Å². The summed E-state index contributed by atoms with van der Waals surface area (Å²) >= 11 is 3.55. The summed E-state index contributed by atoms with van der Waals surface area (Å²) in [5, 5.41) is 0. The molecule has 0 fully saturated rings. The number of halogens is 1. The Balaban J connectivity index is 2.28. The summed E-state index contributed by atoms with van der Waals surface area (Å²) in [5.41, 5.74) is 5.02. The first-order valence-corrected chi connectivity index (χ1v) is 6.73. The summed E-state index contributed by atoms with van der Waals surface area (Å²) in [6.07, 6.45) is 4.19. The molecule has 0 aliphatic carbocycles. The number of nitrogens with two attached hydrogens (primary N) is 1. The van der Waals surface area contributed by atoms with Gasteiger partial charge in [0.05, 0.1) is 19.3 Å². The molecule has 1 atom stereocenters. The quantitative estimate of drug-likeness (QED) is 0.656. The van der Waals surface area contributed by atoms with E-state index in [2.05, 4.69) is 32.4 Å². The van der Waals surface area contributed by atoms with Gasteiger partial charge in [-0.1, -0.05) is 34.1 Å². The molecular weight excluding hydrogens is 306 g/mol. The second-order valence-corrected chi connectivity index (χ2v) is 4.99. The normalized spacial score (nSPS) is 12.2. The van der Waals surface area contributed by atoms with Crippen molar-refractivity contribution in [2.75, 3.05) is 7.11 Å². The molecule has 1 aromatic heterocycles. The zero-order valence-electron chi connectivity index (χ0n) is 10.6. The van der Waals surface area contributed by atoms with Gasteiger partial charge in [0.15, 0.2) is 0 Å². The molecule has 0 saturated heterocycles. The lowest BCUT2D eigenvalue weighted by molar-refractivity contribution is 0.397. The van der Waals surface area contributed by atoms with Crippen LogP contribution >= 0.6 is 15.9 Å². The van der Waals surface area contributed by atoms with Crippen molar-refractivity contribution in [2.45, 2.75) is 12.5 Å². The van der Waals surface area contributed by atoms with Gasteiger partial charge in [-0.2, -0.15) is 0 Å². The van der Waals surface area contributed by atoms with E-state index >= 15 is 0 Å². The molecule has 2 rings (SSSR count). The van der Waals surface area contributed by atoms with Crippen molar-refractivity contribution < 1.29 is 4.74 Å². The topological polar surface area (TPSA) is 60.2 Å². The third-order valence-electron chi connectivity index (χ3n) is 2.99. The van der Waals surface area contributed by atoms with Gasteiger partial charge in [-0.3, -0.25) is 16.3 Å². The highest BCUT2D eigenvalue weighted by atomic mass is 79.9. The summed E-state index contributed by atoms with van der Waals surface area (Å²) in [5.74, 6) is 6.42. The zero-order chi connectivity index (χ0) is 13.7. The average Bonchev–Trinajstić information content (AvgIpc) is 2.46. The van der Waals surface area contributed by atoms with Crippen LogP contribution < -0.4 is 16.0 Å². The molecule has 1 unspecified atom stereocenters. The van der Waals surface area contributed by atoms with E-state index in [9.17, 15) is 0 Å². The number of benzene rings is 1. The first-order chi connectivity index (χ1) is 9.26. The molecule has 0 aliphatic rings. The first kappa shape index (κ1) is 14.0. The lowest BCUT2D eigenvalue weighted by Gasteiger charge is -2.19. The van der Waals surface area contributed by atoms with Gasteiger partial charge in [0, 0.05) is 16.2 Å². The zero-order valence-corrected chi connectivity index (χ0v) is 12.2. The highest BCUT2D eigenvalue weighted by molar-refractivity contribution is 9.10. The van der Waals surface area contributed by atoms with Crippen LogP contribution in [0.3, 0.4) is 0 Å². The minimum atomic E-state index is -0.0309. The van der Waals surface area contributed by atoms with E-state index in [0.717, 1.165) is 22.2 Å². The number of nitrogens with one attached hydrogen (secondary N) is 1. The number of hydrogen-bond acceptors (Lipinski definition) is 4. The van der Waals surface area contributed by atoms with Gasteiger partial charge in [0.25, 0.3) is 0 Å². The second-order valence-electron chi connectivity index (χ2n) is 4.13. The fourth-order valence-corrected chi connectivity index (χ4v) is 2.44. The van der Waals surface area contributed by atoms with Crippen molar-refractivity contribution in [2.24, 2.45) is 5.84 Å². The van der Waals surface area contributed by atoms with Crippen LogP contribution in [-0.4, -0.2) is 12.1 Å². The number of rotatable bonds is 5. The van der Waals surface area contributed by atoms with Crippen LogP contribution in [0.2, 0.25) is 0 Å². The highest BCUT2D eigenvalue weighted by Crippen LogP contribution is 2.28. The molecule has 4 nitrogen and oxygen atoms in total. The third kappa shape index (κ3) is 3.32. The summed E-state index contributed by atoms with van der Waals surface area (Å²) in [7, 11) is 1.63. The highest BCUT2D eigenvalue weighted by Gasteiger charge is 2.16. The van der Waals surface area contributed by atoms with Gasteiger partial charge < -0.3 is 4.74 Å². The minimum absolute atomic E-state index is 0.0309. The molecule has 1 heterocycles. The van der Waals surface area contributed by atoms with E-state index in [1.54, 1.807) is 19.5 Å². The smallest absolute Gasteiger partial charge is 0.141 e. The van der Waals surface area contributed by atoms with Crippen molar-refractivity contribution in [3.8, 4) is 5.75 Å². The fourth-order valence-electron chi connectivity index (χ4n) is 1.99. The van der Waals surface area contributed by atoms with Gasteiger partial charge in [-0.25, -0.2) is 0 Å². The molecule has 0 spiro atoms. The Morgan fingerprint density at radius 2 is 2.16 bits per heavy atom. The van der Waals surface area contributed by atoms with Crippen molar-refractivity contribution in [1.29, 1.82) is 0 Å². The molecule has 2 aromatic rings. The number of nitrogens with zero attached hydrogens (tertiary/aromatic N) is 1. The minimum Gasteiger partial charge on any atom is -0.495 e. The maximum absolute atomic E-state index is 5.69. The van der Waals surface area contributed by atoms with Crippen LogP contribution in [0.15, 0.2) is 47.2 Å². The van der Waals surface area contributed by atoms with E-state index in [4.69, 9.17) is 10.6 Å². The van der Waals surface area contributed by atoms with E-state index in [0.29, 0.717) is 0 Å². The predicted octanol–water partition coefficient (Wildman–Crippen LogP) is 2.60. The Hall–Kier alpha value is -1.43. The summed E-state index contributed by atoms with van der Waals surface area (Å²) in [6, 6.07) is 9.98. The maximum atomic E-state index is 5.69. The molecule has 0 amide bonds. The number of methoxy groups -OCH3 is 1. The van der Waals surface area contributed by atoms with Crippen LogP contribution in [0.5, 0.6) is 5.75 Å². The van der Waals surface area contributed by atoms with Crippen molar-refractivity contribution in [1.82, 2.24) is 10.4 Å². The molecule has 0 aliphatic heterocycles. The van der Waals surface area contributed by atoms with E-state index in [-0.39, 0.29) is 6.04 Å². The average molecular weight is 322 g/mol. The third-order valence-corrected chi connectivity index (χ3v) is 3.77. The molecule has 1 aromatic carbocycles. The predicted molar refractivity (Wildman–Crippen MR) is 78.7 cm³/mol. The van der Waals surface area contributed by atoms with Crippen LogP contribution in [0.1, 0.15) is 17.2 Å². The van der Waals surface area contributed by atoms with Gasteiger partial charge >= 0.3 is 0 Å². The molecule has 3 N–H and O–H groups in total. The monoisotopic (exact) mass is 321 g/mol. The molecular formula is C14H16BrN3O. The Labute approximate surface area is 121 Å². The fraction of sp³-hybridized carbons (Fsp3) is 0.214. The standard InChI is InChI=1S/C14H16BrN3O/c1-19-14-9-17-7-6-11(14)13(18-16)8-10-4-2-3-5-12(10)15/h2-7,9,13,18H,8,16H2,1H3. The van der Waals surface area contributed by atoms with Gasteiger partial charge in [-0.05, 0) is 24.1 Å². The number of pyridine rings is 1. The summed E-state index contributed by atoms with van der Waals surface area (Å²) < 4.78 is 6.40. The van der Waals surface area contributed by atoms with Crippen molar-refractivity contribution in [3.63, 3.8) is 0 Å². The Kier molecular flexibility index (Phi) is 4.90. The first-order valence-electron chi connectivity index (χ1n) is 5.93. The van der Waals surface area contributed by atoms with E-state index in [1.165, 1.54) is 5.56 Å². The van der Waals surface area contributed by atoms with Crippen LogP contribution in [0.4, 0.5) is 0 Å². The number of aromatic nitrogens is 1. The number of ether oxygens (including phenoxy) is 1. The van der Waals surface area contributed by atoms with E-state index < -0.39 is 0 Å². The van der Waals surface area contributed by atoms with Crippen molar-refractivity contribution in [3.05, 3.63) is 58.3 Å². The summed E-state index contributed by atoms with van der Waals surface area (Å²) in [4.78, 5) is 4.05. The molecule has 19 heavy (non-hydrogen) atoms. The Morgan fingerprint density at radius 3 is 2.84 bits per heavy atom. The molecule has 0 radical (unpaired) electrons. The van der Waals surface area contributed by atoms with Gasteiger partial charge in [-0.15, -0.1) is 0 Å². The van der Waals surface area contributed by atoms with Crippen LogP contribution in [0, 0.1) is 0 Å².